The first-order valence-corrected chi connectivity index (χ1v) is 4.27. The van der Waals surface area contributed by atoms with Crippen LogP contribution in [0.15, 0.2) is 18.2 Å². The van der Waals surface area contributed by atoms with Crippen molar-refractivity contribution in [2.75, 3.05) is 7.05 Å². The molecule has 0 aliphatic carbocycles. The molecule has 2 nitrogen and oxygen atoms in total. The molecule has 0 fully saturated rings. The molecule has 0 amide bonds. The highest BCUT2D eigenvalue weighted by Crippen LogP contribution is 2.15. The van der Waals surface area contributed by atoms with E-state index < -0.39 is 0 Å². The molecule has 3 heteroatoms. The molecule has 0 atom stereocenters. The summed E-state index contributed by atoms with van der Waals surface area (Å²) in [7, 11) is 1.90. The molecule has 1 rings (SSSR count). The van der Waals surface area contributed by atoms with Gasteiger partial charge in [-0.2, -0.15) is 0 Å². The fourth-order valence-corrected chi connectivity index (χ4v) is 1.34. The van der Waals surface area contributed by atoms with Gasteiger partial charge in [0, 0.05) is 18.1 Å². The first-order valence-electron chi connectivity index (χ1n) is 3.90. The summed E-state index contributed by atoms with van der Waals surface area (Å²) in [6, 6.07) is 5.78. The minimum absolute atomic E-state index is 0.564. The van der Waals surface area contributed by atoms with Gasteiger partial charge in [0.25, 0.3) is 0 Å². The number of benzene rings is 1. The maximum absolute atomic E-state index is 5.84. The lowest BCUT2D eigenvalue weighted by molar-refractivity contribution is 0.803. The summed E-state index contributed by atoms with van der Waals surface area (Å²) in [5.41, 5.74) is 7.88. The van der Waals surface area contributed by atoms with Crippen LogP contribution in [-0.2, 0) is 13.1 Å². The minimum Gasteiger partial charge on any atom is -0.326 e. The van der Waals surface area contributed by atoms with Gasteiger partial charge in [-0.05, 0) is 30.3 Å². The Morgan fingerprint density at radius 3 is 2.75 bits per heavy atom. The molecule has 0 unspecified atom stereocenters. The summed E-state index contributed by atoms with van der Waals surface area (Å²) in [6.45, 7) is 1.38. The van der Waals surface area contributed by atoms with E-state index in [9.17, 15) is 0 Å². The zero-order chi connectivity index (χ0) is 8.97. The van der Waals surface area contributed by atoms with Gasteiger partial charge in [0.15, 0.2) is 0 Å². The molecule has 3 N–H and O–H groups in total. The number of hydrogen-bond donors (Lipinski definition) is 2. The lowest BCUT2D eigenvalue weighted by Crippen LogP contribution is -2.09. The molecule has 0 aliphatic rings. The Bertz CT molecular complexity index is 261. The van der Waals surface area contributed by atoms with Gasteiger partial charge in [-0.1, -0.05) is 17.7 Å². The van der Waals surface area contributed by atoms with Gasteiger partial charge in [0.2, 0.25) is 0 Å². The van der Waals surface area contributed by atoms with Crippen LogP contribution < -0.4 is 11.1 Å². The summed E-state index contributed by atoms with van der Waals surface area (Å²) >= 11 is 5.84. The average molecular weight is 185 g/mol. The third kappa shape index (κ3) is 2.21. The molecular formula is C9H13ClN2. The molecule has 0 spiro atoms. The van der Waals surface area contributed by atoms with Crippen molar-refractivity contribution in [3.8, 4) is 0 Å². The van der Waals surface area contributed by atoms with Crippen molar-refractivity contribution in [1.29, 1.82) is 0 Å². The Balaban J connectivity index is 2.95. The highest BCUT2D eigenvalue weighted by atomic mass is 35.5. The fraction of sp³-hybridized carbons (Fsp3) is 0.333. The Labute approximate surface area is 77.7 Å². The van der Waals surface area contributed by atoms with E-state index in [0.29, 0.717) is 6.54 Å². The van der Waals surface area contributed by atoms with E-state index in [4.69, 9.17) is 17.3 Å². The Morgan fingerprint density at radius 1 is 1.42 bits per heavy atom. The normalized spacial score (nSPS) is 10.2. The average Bonchev–Trinajstić information content (AvgIpc) is 2.05. The second-order valence-electron chi connectivity index (χ2n) is 2.65. The van der Waals surface area contributed by atoms with E-state index in [1.807, 2.05) is 25.2 Å². The zero-order valence-corrected chi connectivity index (χ0v) is 7.86. The molecule has 0 radical (unpaired) electrons. The molecule has 0 saturated heterocycles. The van der Waals surface area contributed by atoms with Gasteiger partial charge in [-0.15, -0.1) is 0 Å². The van der Waals surface area contributed by atoms with Crippen molar-refractivity contribution in [1.82, 2.24) is 5.32 Å². The predicted octanol–water partition coefficient (Wildman–Crippen LogP) is 1.52. The molecule has 0 heterocycles. The van der Waals surface area contributed by atoms with Crippen LogP contribution >= 0.6 is 11.6 Å². The van der Waals surface area contributed by atoms with Gasteiger partial charge in [-0.25, -0.2) is 0 Å². The van der Waals surface area contributed by atoms with Crippen molar-refractivity contribution in [2.45, 2.75) is 13.1 Å². The second kappa shape index (κ2) is 4.45. The molecule has 0 bridgehead atoms. The molecular weight excluding hydrogens is 172 g/mol. The summed E-state index contributed by atoms with van der Waals surface area (Å²) in [5, 5.41) is 3.83. The highest BCUT2D eigenvalue weighted by Gasteiger charge is 1.99. The Hall–Kier alpha value is -0.570. The first kappa shape index (κ1) is 9.52. The summed E-state index contributed by atoms with van der Waals surface area (Å²) in [6.07, 6.45) is 0. The molecule has 0 aromatic heterocycles. The van der Waals surface area contributed by atoms with Gasteiger partial charge >= 0.3 is 0 Å². The van der Waals surface area contributed by atoms with Crippen LogP contribution in [0, 0.1) is 0 Å². The van der Waals surface area contributed by atoms with E-state index in [1.54, 1.807) is 0 Å². The Kier molecular flexibility index (Phi) is 3.53. The number of nitrogens with one attached hydrogen (secondary N) is 1. The van der Waals surface area contributed by atoms with Crippen LogP contribution in [0.4, 0.5) is 0 Å². The van der Waals surface area contributed by atoms with Crippen molar-refractivity contribution >= 4 is 11.6 Å². The zero-order valence-electron chi connectivity index (χ0n) is 7.10. The number of hydrogen-bond acceptors (Lipinski definition) is 2. The SMILES string of the molecule is CNCc1cc(Cl)ccc1CN. The predicted molar refractivity (Wildman–Crippen MR) is 52.1 cm³/mol. The van der Waals surface area contributed by atoms with Crippen LogP contribution in [-0.4, -0.2) is 7.05 Å². The van der Waals surface area contributed by atoms with Crippen molar-refractivity contribution in [3.05, 3.63) is 34.3 Å². The van der Waals surface area contributed by atoms with Crippen LogP contribution in [0.1, 0.15) is 11.1 Å². The Morgan fingerprint density at radius 2 is 2.17 bits per heavy atom. The van der Waals surface area contributed by atoms with Gasteiger partial charge in [0.05, 0.1) is 0 Å². The molecule has 0 aliphatic heterocycles. The molecule has 0 saturated carbocycles. The third-order valence-electron chi connectivity index (χ3n) is 1.76. The van der Waals surface area contributed by atoms with Gasteiger partial charge in [0.1, 0.15) is 0 Å². The molecule has 1 aromatic rings. The van der Waals surface area contributed by atoms with Gasteiger partial charge in [-0.3, -0.25) is 0 Å². The number of nitrogens with two attached hydrogens (primary N) is 1. The van der Waals surface area contributed by atoms with Crippen molar-refractivity contribution < 1.29 is 0 Å². The molecule has 1 aromatic carbocycles. The summed E-state index contributed by atoms with van der Waals surface area (Å²) < 4.78 is 0. The molecule has 66 valence electrons. The van der Waals surface area contributed by atoms with E-state index in [-0.39, 0.29) is 0 Å². The van der Waals surface area contributed by atoms with E-state index >= 15 is 0 Å². The quantitative estimate of drug-likeness (QED) is 0.748. The number of rotatable bonds is 3. The standard InChI is InChI=1S/C9H13ClN2/c1-12-6-8-4-9(10)3-2-7(8)5-11/h2-4,12H,5-6,11H2,1H3. The third-order valence-corrected chi connectivity index (χ3v) is 1.99. The maximum atomic E-state index is 5.84. The smallest absolute Gasteiger partial charge is 0.0409 e. The topological polar surface area (TPSA) is 38.0 Å². The highest BCUT2D eigenvalue weighted by molar-refractivity contribution is 6.30. The van der Waals surface area contributed by atoms with E-state index in [0.717, 1.165) is 17.1 Å². The van der Waals surface area contributed by atoms with Crippen LogP contribution in [0.25, 0.3) is 0 Å². The minimum atomic E-state index is 0.564. The second-order valence-corrected chi connectivity index (χ2v) is 3.08. The summed E-state index contributed by atoms with van der Waals surface area (Å²) in [4.78, 5) is 0. The van der Waals surface area contributed by atoms with Crippen LogP contribution in [0.3, 0.4) is 0 Å². The lowest BCUT2D eigenvalue weighted by atomic mass is 10.1. The van der Waals surface area contributed by atoms with E-state index in [2.05, 4.69) is 5.32 Å². The van der Waals surface area contributed by atoms with Crippen LogP contribution in [0.5, 0.6) is 0 Å². The largest absolute Gasteiger partial charge is 0.326 e. The van der Waals surface area contributed by atoms with Crippen molar-refractivity contribution in [3.63, 3.8) is 0 Å². The number of halogens is 1. The monoisotopic (exact) mass is 184 g/mol. The lowest BCUT2D eigenvalue weighted by Gasteiger charge is -2.06. The maximum Gasteiger partial charge on any atom is 0.0409 e. The van der Waals surface area contributed by atoms with Crippen LogP contribution in [0.2, 0.25) is 5.02 Å². The summed E-state index contributed by atoms with van der Waals surface area (Å²) in [5.74, 6) is 0. The first-order chi connectivity index (χ1) is 5.77. The fourth-order valence-electron chi connectivity index (χ4n) is 1.15. The van der Waals surface area contributed by atoms with Crippen molar-refractivity contribution in [2.24, 2.45) is 5.73 Å². The molecule has 12 heavy (non-hydrogen) atoms. The van der Waals surface area contributed by atoms with E-state index in [1.165, 1.54) is 5.56 Å². The van der Waals surface area contributed by atoms with Gasteiger partial charge < -0.3 is 11.1 Å².